The molecule has 0 spiro atoms. The van der Waals surface area contributed by atoms with E-state index in [1.165, 1.54) is 105 Å². The lowest BCUT2D eigenvalue weighted by Gasteiger charge is -2.21. The quantitative estimate of drug-likeness (QED) is 0.182. The van der Waals surface area contributed by atoms with Crippen LogP contribution < -0.4 is 0 Å². The van der Waals surface area contributed by atoms with Crippen LogP contribution >= 0.6 is 0 Å². The maximum absolute atomic E-state index is 2.42. The molecule has 0 unspecified atom stereocenters. The Balaban J connectivity index is 1.10. The Morgan fingerprint density at radius 1 is 0.380 bits per heavy atom. The van der Waals surface area contributed by atoms with Crippen molar-refractivity contribution in [3.05, 3.63) is 175 Å². The summed E-state index contributed by atoms with van der Waals surface area (Å²) in [6.45, 7) is 4.69. The van der Waals surface area contributed by atoms with Gasteiger partial charge in [0.25, 0.3) is 0 Å². The first-order valence-electron chi connectivity index (χ1n) is 17.6. The molecule has 9 aromatic rings. The van der Waals surface area contributed by atoms with Gasteiger partial charge in [-0.15, -0.1) is 0 Å². The van der Waals surface area contributed by atoms with E-state index in [2.05, 4.69) is 182 Å². The Morgan fingerprint density at radius 2 is 0.920 bits per heavy atom. The first-order chi connectivity index (χ1) is 24.5. The molecule has 0 amide bonds. The molecule has 2 aliphatic carbocycles. The molecule has 0 radical (unpaired) electrons. The summed E-state index contributed by atoms with van der Waals surface area (Å²) < 4.78 is 2.42. The normalized spacial score (nSPS) is 13.6. The molecule has 8 aromatic carbocycles. The van der Waals surface area contributed by atoms with Crippen LogP contribution in [0.1, 0.15) is 25.0 Å². The number of fused-ring (bicyclic) bond motifs is 9. The average molecular weight is 636 g/mol. The van der Waals surface area contributed by atoms with Gasteiger partial charge in [0, 0.05) is 21.9 Å². The van der Waals surface area contributed by atoms with Crippen molar-refractivity contribution in [2.75, 3.05) is 0 Å². The van der Waals surface area contributed by atoms with E-state index in [9.17, 15) is 0 Å². The molecule has 1 heteroatoms. The van der Waals surface area contributed by atoms with E-state index in [1.807, 2.05) is 0 Å². The van der Waals surface area contributed by atoms with Gasteiger partial charge in [-0.05, 0) is 126 Å². The predicted octanol–water partition coefficient (Wildman–Crippen LogP) is 13.2. The van der Waals surface area contributed by atoms with Crippen LogP contribution in [0.15, 0.2) is 164 Å². The minimum absolute atomic E-state index is 0.000771. The summed E-state index contributed by atoms with van der Waals surface area (Å²) >= 11 is 0. The summed E-state index contributed by atoms with van der Waals surface area (Å²) in [5, 5.41) is 5.21. The number of hydrogen-bond acceptors (Lipinski definition) is 0. The van der Waals surface area contributed by atoms with Gasteiger partial charge in [0.1, 0.15) is 0 Å². The van der Waals surface area contributed by atoms with Crippen LogP contribution in [0.25, 0.3) is 93.9 Å². The molecule has 0 fully saturated rings. The van der Waals surface area contributed by atoms with Crippen LogP contribution in [0, 0.1) is 0 Å². The Kier molecular flexibility index (Phi) is 5.51. The molecule has 1 heterocycles. The zero-order valence-corrected chi connectivity index (χ0v) is 28.0. The van der Waals surface area contributed by atoms with Crippen molar-refractivity contribution < 1.29 is 0 Å². The van der Waals surface area contributed by atoms with Crippen LogP contribution in [0.3, 0.4) is 0 Å². The summed E-state index contributed by atoms with van der Waals surface area (Å²) in [6.07, 6.45) is 0. The summed E-state index contributed by atoms with van der Waals surface area (Å²) in [6, 6.07) is 61.2. The summed E-state index contributed by atoms with van der Waals surface area (Å²) in [5.74, 6) is 0. The van der Waals surface area contributed by atoms with Gasteiger partial charge in [0.15, 0.2) is 0 Å². The second-order valence-corrected chi connectivity index (χ2v) is 14.5. The van der Waals surface area contributed by atoms with Crippen LogP contribution in [-0.4, -0.2) is 4.57 Å². The highest BCUT2D eigenvalue weighted by Crippen LogP contribution is 2.51. The van der Waals surface area contributed by atoms with E-state index < -0.39 is 0 Å². The molecule has 1 aromatic heterocycles. The highest BCUT2D eigenvalue weighted by Gasteiger charge is 2.35. The minimum atomic E-state index is 0.000771. The monoisotopic (exact) mass is 635 g/mol. The third-order valence-electron chi connectivity index (χ3n) is 11.5. The molecule has 50 heavy (non-hydrogen) atoms. The first-order valence-corrected chi connectivity index (χ1v) is 17.6. The smallest absolute Gasteiger partial charge is 0.0541 e. The van der Waals surface area contributed by atoms with E-state index in [0.29, 0.717) is 0 Å². The van der Waals surface area contributed by atoms with Gasteiger partial charge in [-0.25, -0.2) is 0 Å². The highest BCUT2D eigenvalue weighted by atomic mass is 15.0. The molecule has 0 atom stereocenters. The van der Waals surface area contributed by atoms with Crippen molar-refractivity contribution in [2.45, 2.75) is 19.3 Å². The number of aromatic nitrogens is 1. The SMILES string of the molecule is CC1(C)c2ccccc2-c2cc(-c3ccc4c(c3)c3cc(-c5ccc6c(c5)-c5cccc7cccc-6c57)ccc3n4-c3ccccc3)ccc21. The average Bonchev–Trinajstić information content (AvgIpc) is 3.75. The molecule has 0 N–H and O–H groups in total. The second kappa shape index (κ2) is 9.94. The largest absolute Gasteiger partial charge is 0.309 e. The van der Waals surface area contributed by atoms with E-state index >= 15 is 0 Å². The molecule has 0 bridgehead atoms. The maximum Gasteiger partial charge on any atom is 0.0541 e. The Morgan fingerprint density at radius 3 is 1.64 bits per heavy atom. The van der Waals surface area contributed by atoms with Gasteiger partial charge in [-0.1, -0.05) is 129 Å². The standard InChI is InChI=1S/C49H33N/c1-49(2)44-17-7-6-14-37(44)41-27-32(19-23-45(41)49)34-21-25-47-43(29-34)42-28-33(20-24-46(42)50(47)35-12-4-3-5-13-35)31-18-22-36-38-15-8-10-30-11-9-16-39(48(30)38)40(36)26-31/h3-29H,1-2H3. The van der Waals surface area contributed by atoms with Crippen molar-refractivity contribution >= 4 is 32.6 Å². The van der Waals surface area contributed by atoms with Gasteiger partial charge in [-0.3, -0.25) is 0 Å². The van der Waals surface area contributed by atoms with E-state index in [4.69, 9.17) is 0 Å². The summed E-state index contributed by atoms with van der Waals surface area (Å²) in [7, 11) is 0. The molecule has 1 nitrogen and oxygen atoms in total. The molecule has 0 aliphatic heterocycles. The topological polar surface area (TPSA) is 4.93 Å². The molecule has 234 valence electrons. The van der Waals surface area contributed by atoms with E-state index in [-0.39, 0.29) is 5.41 Å². The minimum Gasteiger partial charge on any atom is -0.309 e. The lowest BCUT2D eigenvalue weighted by molar-refractivity contribution is 0.660. The first kappa shape index (κ1) is 27.7. The lowest BCUT2D eigenvalue weighted by atomic mass is 9.82. The summed E-state index contributed by atoms with van der Waals surface area (Å²) in [5.41, 5.74) is 19.4. The van der Waals surface area contributed by atoms with Crippen LogP contribution in [0.2, 0.25) is 0 Å². The molecule has 11 rings (SSSR count). The third kappa shape index (κ3) is 3.72. The maximum atomic E-state index is 2.42. The lowest BCUT2D eigenvalue weighted by Crippen LogP contribution is -2.14. The number of nitrogens with zero attached hydrogens (tertiary/aromatic N) is 1. The number of rotatable bonds is 3. The summed E-state index contributed by atoms with van der Waals surface area (Å²) in [4.78, 5) is 0. The zero-order valence-electron chi connectivity index (χ0n) is 28.0. The molecule has 0 saturated heterocycles. The van der Waals surface area contributed by atoms with E-state index in [1.54, 1.807) is 0 Å². The molecule has 0 saturated carbocycles. The fraction of sp³-hybridized carbons (Fsp3) is 0.0612. The van der Waals surface area contributed by atoms with Crippen molar-refractivity contribution in [1.82, 2.24) is 4.57 Å². The fourth-order valence-electron chi connectivity index (χ4n) is 9.11. The predicted molar refractivity (Wildman–Crippen MR) is 211 cm³/mol. The molecule has 2 aliphatic rings. The van der Waals surface area contributed by atoms with Crippen molar-refractivity contribution in [3.63, 3.8) is 0 Å². The van der Waals surface area contributed by atoms with Crippen LogP contribution in [0.4, 0.5) is 0 Å². The Labute approximate surface area is 291 Å². The van der Waals surface area contributed by atoms with Gasteiger partial charge >= 0.3 is 0 Å². The molecular formula is C49H33N. The van der Waals surface area contributed by atoms with Crippen molar-refractivity contribution in [1.29, 1.82) is 0 Å². The van der Waals surface area contributed by atoms with Crippen LogP contribution in [0.5, 0.6) is 0 Å². The van der Waals surface area contributed by atoms with E-state index in [0.717, 1.165) is 0 Å². The van der Waals surface area contributed by atoms with Crippen molar-refractivity contribution in [2.24, 2.45) is 0 Å². The van der Waals surface area contributed by atoms with Gasteiger partial charge < -0.3 is 4.57 Å². The number of benzene rings is 8. The fourth-order valence-corrected chi connectivity index (χ4v) is 9.11. The number of hydrogen-bond donors (Lipinski definition) is 0. The van der Waals surface area contributed by atoms with Gasteiger partial charge in [0.05, 0.1) is 11.0 Å². The highest BCUT2D eigenvalue weighted by molar-refractivity contribution is 6.16. The van der Waals surface area contributed by atoms with Gasteiger partial charge in [0.2, 0.25) is 0 Å². The zero-order chi connectivity index (χ0) is 33.1. The van der Waals surface area contributed by atoms with Gasteiger partial charge in [-0.2, -0.15) is 0 Å². The third-order valence-corrected chi connectivity index (χ3v) is 11.5. The molecular weight excluding hydrogens is 603 g/mol. The second-order valence-electron chi connectivity index (χ2n) is 14.5. The number of para-hydroxylation sites is 1. The Bertz CT molecular complexity index is 2880. The van der Waals surface area contributed by atoms with Crippen LogP contribution in [-0.2, 0) is 5.41 Å². The van der Waals surface area contributed by atoms with Crippen molar-refractivity contribution in [3.8, 4) is 61.3 Å². The Hall–Kier alpha value is -6.18.